The van der Waals surface area contributed by atoms with Crippen molar-refractivity contribution >= 4 is 29.3 Å². The van der Waals surface area contributed by atoms with E-state index in [0.29, 0.717) is 5.75 Å². The number of aromatic carboxylic acids is 1. The molecule has 0 aliphatic rings. The number of rotatable bonds is 4. The molecule has 1 heterocycles. The van der Waals surface area contributed by atoms with Crippen molar-refractivity contribution in [1.29, 1.82) is 0 Å². The number of hydrogen-bond donors (Lipinski definition) is 1. The Morgan fingerprint density at radius 1 is 1.47 bits per heavy atom. The van der Waals surface area contributed by atoms with Crippen LogP contribution in [0.15, 0.2) is 27.6 Å². The predicted molar refractivity (Wildman–Crippen MR) is 73.9 cm³/mol. The molecule has 1 aromatic heterocycles. The van der Waals surface area contributed by atoms with Gasteiger partial charge in [-0.3, -0.25) is 0 Å². The molecule has 0 aliphatic heterocycles. The summed E-state index contributed by atoms with van der Waals surface area (Å²) in [5.74, 6) is 0.448. The van der Waals surface area contributed by atoms with Gasteiger partial charge in [0, 0.05) is 16.2 Å². The molecule has 100 valence electrons. The van der Waals surface area contributed by atoms with E-state index in [9.17, 15) is 4.79 Å². The molecule has 0 saturated carbocycles. The van der Waals surface area contributed by atoms with Crippen molar-refractivity contribution in [2.24, 2.45) is 0 Å². The first-order valence-electron chi connectivity index (χ1n) is 5.56. The van der Waals surface area contributed by atoms with Crippen molar-refractivity contribution in [3.05, 3.63) is 45.8 Å². The van der Waals surface area contributed by atoms with Crippen LogP contribution in [0.1, 0.15) is 27.4 Å². The third kappa shape index (κ3) is 3.11. The molecule has 0 amide bonds. The lowest BCUT2D eigenvalue weighted by molar-refractivity contribution is 0.0697. The third-order valence-electron chi connectivity index (χ3n) is 2.73. The minimum absolute atomic E-state index is 0.116. The van der Waals surface area contributed by atoms with Crippen molar-refractivity contribution < 1.29 is 14.4 Å². The van der Waals surface area contributed by atoms with E-state index in [1.807, 2.05) is 13.8 Å². The van der Waals surface area contributed by atoms with E-state index in [2.05, 4.69) is 5.16 Å². The summed E-state index contributed by atoms with van der Waals surface area (Å²) in [7, 11) is 0. The highest BCUT2D eigenvalue weighted by atomic mass is 35.5. The first kappa shape index (κ1) is 14.0. The molecule has 19 heavy (non-hydrogen) atoms. The zero-order valence-corrected chi connectivity index (χ0v) is 12.0. The smallest absolute Gasteiger partial charge is 0.337 e. The van der Waals surface area contributed by atoms with Crippen LogP contribution in [0.2, 0.25) is 5.02 Å². The second-order valence-electron chi connectivity index (χ2n) is 4.04. The van der Waals surface area contributed by atoms with Gasteiger partial charge < -0.3 is 9.63 Å². The average Bonchev–Trinajstić information content (AvgIpc) is 2.68. The molecule has 4 nitrogen and oxygen atoms in total. The van der Waals surface area contributed by atoms with Crippen LogP contribution in [0.25, 0.3) is 0 Å². The number of thioether (sulfide) groups is 1. The monoisotopic (exact) mass is 297 g/mol. The Hall–Kier alpha value is -1.46. The van der Waals surface area contributed by atoms with Crippen LogP contribution in [0, 0.1) is 13.8 Å². The fourth-order valence-electron chi connectivity index (χ4n) is 1.62. The molecule has 0 aliphatic carbocycles. The van der Waals surface area contributed by atoms with Crippen LogP contribution in [-0.2, 0) is 5.75 Å². The average molecular weight is 298 g/mol. The zero-order valence-electron chi connectivity index (χ0n) is 10.4. The summed E-state index contributed by atoms with van der Waals surface area (Å²) in [5, 5.41) is 13.1. The molecule has 0 saturated heterocycles. The number of hydrogen-bond acceptors (Lipinski definition) is 4. The van der Waals surface area contributed by atoms with E-state index < -0.39 is 5.97 Å². The Morgan fingerprint density at radius 2 is 2.21 bits per heavy atom. The maximum Gasteiger partial charge on any atom is 0.337 e. The summed E-state index contributed by atoms with van der Waals surface area (Å²) in [6.45, 7) is 3.75. The predicted octanol–water partition coefficient (Wildman–Crippen LogP) is 3.94. The number of carboxylic acids is 1. The minimum Gasteiger partial charge on any atom is -0.478 e. The molecule has 0 atom stereocenters. The van der Waals surface area contributed by atoms with Crippen molar-refractivity contribution in [2.45, 2.75) is 24.5 Å². The van der Waals surface area contributed by atoms with Crippen LogP contribution in [-0.4, -0.2) is 16.2 Å². The molecule has 0 radical (unpaired) electrons. The van der Waals surface area contributed by atoms with Crippen LogP contribution in [0.5, 0.6) is 0 Å². The molecule has 1 aromatic carbocycles. The number of aromatic nitrogens is 1. The zero-order chi connectivity index (χ0) is 14.0. The second kappa shape index (κ2) is 5.67. The molecular weight excluding hydrogens is 286 g/mol. The van der Waals surface area contributed by atoms with E-state index in [-0.39, 0.29) is 10.6 Å². The first-order valence-corrected chi connectivity index (χ1v) is 6.92. The van der Waals surface area contributed by atoms with Gasteiger partial charge in [0.15, 0.2) is 0 Å². The standard InChI is InChI=1S/C13H12ClNO3S/c1-7-11(8(2)18-15-7)6-19-9-3-4-12(14)10(5-9)13(16)17/h3-5H,6H2,1-2H3,(H,16,17). The molecule has 2 aromatic rings. The lowest BCUT2D eigenvalue weighted by atomic mass is 10.2. The Morgan fingerprint density at radius 3 is 2.79 bits per heavy atom. The van der Waals surface area contributed by atoms with Crippen molar-refractivity contribution in [1.82, 2.24) is 5.16 Å². The van der Waals surface area contributed by atoms with Crippen LogP contribution in [0.3, 0.4) is 0 Å². The number of halogens is 1. The highest BCUT2D eigenvalue weighted by molar-refractivity contribution is 7.98. The lowest BCUT2D eigenvalue weighted by Crippen LogP contribution is -1.97. The number of benzene rings is 1. The fourth-order valence-corrected chi connectivity index (χ4v) is 2.91. The molecular formula is C13H12ClNO3S. The highest BCUT2D eigenvalue weighted by Crippen LogP contribution is 2.29. The van der Waals surface area contributed by atoms with Crippen molar-refractivity contribution in [2.75, 3.05) is 0 Å². The Labute approximate surface area is 119 Å². The molecule has 1 N–H and O–H groups in total. The molecule has 0 bridgehead atoms. The Kier molecular flexibility index (Phi) is 4.17. The van der Waals surface area contributed by atoms with Gasteiger partial charge in [0.2, 0.25) is 0 Å². The maximum absolute atomic E-state index is 11.0. The van der Waals surface area contributed by atoms with Gasteiger partial charge in [0.05, 0.1) is 16.3 Å². The van der Waals surface area contributed by atoms with Gasteiger partial charge in [-0.2, -0.15) is 0 Å². The van der Waals surface area contributed by atoms with E-state index in [1.165, 1.54) is 11.8 Å². The highest BCUT2D eigenvalue weighted by Gasteiger charge is 2.12. The quantitative estimate of drug-likeness (QED) is 0.866. The largest absolute Gasteiger partial charge is 0.478 e. The molecule has 6 heteroatoms. The van der Waals surface area contributed by atoms with Gasteiger partial charge in [-0.15, -0.1) is 11.8 Å². The number of carboxylic acid groups (broad SMARTS) is 1. The summed E-state index contributed by atoms with van der Waals surface area (Å²) in [5.41, 5.74) is 2.01. The SMILES string of the molecule is Cc1noc(C)c1CSc1ccc(Cl)c(C(=O)O)c1. The van der Waals surface area contributed by atoms with Crippen LogP contribution in [0.4, 0.5) is 0 Å². The summed E-state index contributed by atoms with van der Waals surface area (Å²) >= 11 is 7.35. The Bertz CT molecular complexity index is 605. The van der Waals surface area contributed by atoms with Crippen molar-refractivity contribution in [3.63, 3.8) is 0 Å². The van der Waals surface area contributed by atoms with E-state index in [1.54, 1.807) is 18.2 Å². The third-order valence-corrected chi connectivity index (χ3v) is 4.08. The van der Waals surface area contributed by atoms with Gasteiger partial charge >= 0.3 is 5.97 Å². The first-order chi connectivity index (χ1) is 8.99. The summed E-state index contributed by atoms with van der Waals surface area (Å²) in [6, 6.07) is 4.98. The number of carbonyl (C=O) groups is 1. The molecule has 0 spiro atoms. The fraction of sp³-hybridized carbons (Fsp3) is 0.231. The number of aryl methyl sites for hydroxylation is 2. The second-order valence-corrected chi connectivity index (χ2v) is 5.49. The van der Waals surface area contributed by atoms with Crippen molar-refractivity contribution in [3.8, 4) is 0 Å². The van der Waals surface area contributed by atoms with E-state index in [0.717, 1.165) is 21.9 Å². The topological polar surface area (TPSA) is 63.3 Å². The Balaban J connectivity index is 2.16. The maximum atomic E-state index is 11.0. The van der Waals surface area contributed by atoms with Gasteiger partial charge in [0.1, 0.15) is 5.76 Å². The summed E-state index contributed by atoms with van der Waals surface area (Å²) < 4.78 is 5.09. The normalized spacial score (nSPS) is 10.7. The summed E-state index contributed by atoms with van der Waals surface area (Å²) in [6.07, 6.45) is 0. The van der Waals surface area contributed by atoms with E-state index >= 15 is 0 Å². The van der Waals surface area contributed by atoms with E-state index in [4.69, 9.17) is 21.2 Å². The lowest BCUT2D eigenvalue weighted by Gasteiger charge is -2.04. The van der Waals surface area contributed by atoms with Gasteiger partial charge in [-0.1, -0.05) is 16.8 Å². The van der Waals surface area contributed by atoms with Crippen LogP contribution < -0.4 is 0 Å². The minimum atomic E-state index is -1.02. The molecule has 2 rings (SSSR count). The van der Waals surface area contributed by atoms with Gasteiger partial charge in [-0.25, -0.2) is 4.79 Å². The van der Waals surface area contributed by atoms with Crippen LogP contribution >= 0.6 is 23.4 Å². The molecule has 0 fully saturated rings. The summed E-state index contributed by atoms with van der Waals surface area (Å²) in [4.78, 5) is 11.8. The van der Waals surface area contributed by atoms with Gasteiger partial charge in [-0.05, 0) is 32.0 Å². The van der Waals surface area contributed by atoms with Gasteiger partial charge in [0.25, 0.3) is 0 Å². The molecule has 0 unspecified atom stereocenters. The number of nitrogens with zero attached hydrogens (tertiary/aromatic N) is 1.